The van der Waals surface area contributed by atoms with E-state index in [9.17, 15) is 9.59 Å². The molecule has 1 aromatic rings. The second-order valence-corrected chi connectivity index (χ2v) is 5.54. The number of likely N-dealkylation sites (N-methyl/N-ethyl adjacent to an activating group) is 1. The number of carbonyl (C=O) groups excluding carboxylic acids is 2. The van der Waals surface area contributed by atoms with Crippen molar-refractivity contribution >= 4 is 23.2 Å². The molecule has 0 aliphatic carbocycles. The van der Waals surface area contributed by atoms with Gasteiger partial charge in [0.05, 0.1) is 6.54 Å². The summed E-state index contributed by atoms with van der Waals surface area (Å²) in [6, 6.07) is 7.35. The Morgan fingerprint density at radius 2 is 2.10 bits per heavy atom. The fourth-order valence-electron chi connectivity index (χ4n) is 2.36. The van der Waals surface area contributed by atoms with E-state index in [1.54, 1.807) is 4.90 Å². The highest BCUT2D eigenvalue weighted by molar-refractivity contribution is 5.96. The van der Waals surface area contributed by atoms with Crippen molar-refractivity contribution < 1.29 is 9.59 Å². The highest BCUT2D eigenvalue weighted by Gasteiger charge is 2.28. The van der Waals surface area contributed by atoms with Gasteiger partial charge >= 0.3 is 0 Å². The van der Waals surface area contributed by atoms with Gasteiger partial charge in [-0.15, -0.1) is 6.58 Å². The molecule has 5 nitrogen and oxygen atoms in total. The van der Waals surface area contributed by atoms with Crippen molar-refractivity contribution in [2.24, 2.45) is 5.92 Å². The van der Waals surface area contributed by atoms with Crippen molar-refractivity contribution in [2.75, 3.05) is 37.4 Å². The average molecular weight is 287 g/mol. The summed E-state index contributed by atoms with van der Waals surface area (Å²) in [6.07, 6.45) is 2.35. The Labute approximate surface area is 125 Å². The van der Waals surface area contributed by atoms with Crippen LogP contribution in [0.3, 0.4) is 0 Å². The van der Waals surface area contributed by atoms with Gasteiger partial charge in [-0.2, -0.15) is 0 Å². The van der Waals surface area contributed by atoms with Crippen molar-refractivity contribution in [3.63, 3.8) is 0 Å². The summed E-state index contributed by atoms with van der Waals surface area (Å²) in [7, 11) is 3.69. The van der Waals surface area contributed by atoms with Crippen LogP contribution < -0.4 is 10.2 Å². The summed E-state index contributed by atoms with van der Waals surface area (Å²) in [5.41, 5.74) is 1.59. The number of carbonyl (C=O) groups is 2. The van der Waals surface area contributed by atoms with Crippen molar-refractivity contribution in [2.45, 2.75) is 6.42 Å². The third kappa shape index (κ3) is 3.92. The number of hydrogen-bond donors (Lipinski definition) is 1. The topological polar surface area (TPSA) is 52.7 Å². The van der Waals surface area contributed by atoms with Gasteiger partial charge in [0.1, 0.15) is 0 Å². The molecule has 2 amide bonds. The number of anilines is 2. The first kappa shape index (κ1) is 15.3. The largest absolute Gasteiger partial charge is 0.325 e. The normalized spacial score (nSPS) is 18.1. The zero-order valence-electron chi connectivity index (χ0n) is 12.5. The van der Waals surface area contributed by atoms with Crippen LogP contribution in [0.2, 0.25) is 0 Å². The lowest BCUT2D eigenvalue weighted by molar-refractivity contribution is -0.117. The highest BCUT2D eigenvalue weighted by Crippen LogP contribution is 2.26. The van der Waals surface area contributed by atoms with Crippen LogP contribution >= 0.6 is 0 Å². The lowest BCUT2D eigenvalue weighted by Crippen LogP contribution is -2.27. The van der Waals surface area contributed by atoms with Crippen LogP contribution in [0.15, 0.2) is 36.9 Å². The molecule has 1 heterocycles. The zero-order chi connectivity index (χ0) is 15.4. The van der Waals surface area contributed by atoms with Gasteiger partial charge in [0.2, 0.25) is 11.8 Å². The Morgan fingerprint density at radius 3 is 2.62 bits per heavy atom. The molecule has 0 bridgehead atoms. The van der Waals surface area contributed by atoms with Gasteiger partial charge in [-0.1, -0.05) is 6.08 Å². The third-order valence-corrected chi connectivity index (χ3v) is 3.41. The van der Waals surface area contributed by atoms with Gasteiger partial charge in [0.15, 0.2) is 0 Å². The van der Waals surface area contributed by atoms with Gasteiger partial charge in [-0.25, -0.2) is 0 Å². The van der Waals surface area contributed by atoms with Gasteiger partial charge in [-0.05, 0) is 38.4 Å². The summed E-state index contributed by atoms with van der Waals surface area (Å²) in [5, 5.41) is 2.82. The Morgan fingerprint density at radius 1 is 1.43 bits per heavy atom. The Balaban J connectivity index is 2.01. The fourth-order valence-corrected chi connectivity index (χ4v) is 2.36. The molecule has 112 valence electrons. The molecule has 1 fully saturated rings. The maximum atomic E-state index is 11.9. The molecule has 0 radical (unpaired) electrons. The van der Waals surface area contributed by atoms with Crippen LogP contribution in [0.4, 0.5) is 11.4 Å². The maximum Gasteiger partial charge on any atom is 0.238 e. The monoisotopic (exact) mass is 287 g/mol. The van der Waals surface area contributed by atoms with Crippen molar-refractivity contribution in [3.8, 4) is 0 Å². The van der Waals surface area contributed by atoms with E-state index in [2.05, 4.69) is 11.9 Å². The van der Waals surface area contributed by atoms with Crippen LogP contribution in [0.5, 0.6) is 0 Å². The van der Waals surface area contributed by atoms with Crippen molar-refractivity contribution in [1.82, 2.24) is 4.90 Å². The standard InChI is InChI=1S/C16H21N3O2/c1-4-12-9-16(21)19(10-12)14-7-5-13(6-8-14)17-15(20)11-18(2)3/h4-8,12H,1,9-11H2,2-3H3,(H,17,20). The number of nitrogens with zero attached hydrogens (tertiary/aromatic N) is 2. The van der Waals surface area contributed by atoms with E-state index < -0.39 is 0 Å². The number of amides is 2. The van der Waals surface area contributed by atoms with E-state index in [4.69, 9.17) is 0 Å². The highest BCUT2D eigenvalue weighted by atomic mass is 16.2. The van der Waals surface area contributed by atoms with Crippen LogP contribution in [0.1, 0.15) is 6.42 Å². The van der Waals surface area contributed by atoms with E-state index in [1.807, 2.05) is 49.3 Å². The Hall–Kier alpha value is -2.14. The first-order valence-corrected chi connectivity index (χ1v) is 6.97. The molecule has 1 N–H and O–H groups in total. The molecule has 21 heavy (non-hydrogen) atoms. The molecule has 1 atom stereocenters. The summed E-state index contributed by atoms with van der Waals surface area (Å²) in [6.45, 7) is 4.76. The van der Waals surface area contributed by atoms with Crippen LogP contribution in [0, 0.1) is 5.92 Å². The molecular formula is C16H21N3O2. The summed E-state index contributed by atoms with van der Waals surface area (Å²) in [5.74, 6) is 0.276. The van der Waals surface area contributed by atoms with Crippen molar-refractivity contribution in [3.05, 3.63) is 36.9 Å². The van der Waals surface area contributed by atoms with E-state index >= 15 is 0 Å². The molecule has 1 unspecified atom stereocenters. The van der Waals surface area contributed by atoms with Gasteiger partial charge in [0, 0.05) is 30.3 Å². The van der Waals surface area contributed by atoms with Crippen LogP contribution in [-0.2, 0) is 9.59 Å². The van der Waals surface area contributed by atoms with Gasteiger partial charge in [0.25, 0.3) is 0 Å². The number of nitrogens with one attached hydrogen (secondary N) is 1. The minimum Gasteiger partial charge on any atom is -0.325 e. The minimum atomic E-state index is -0.0586. The molecular weight excluding hydrogens is 266 g/mol. The van der Waals surface area contributed by atoms with Gasteiger partial charge in [-0.3, -0.25) is 9.59 Å². The third-order valence-electron chi connectivity index (χ3n) is 3.41. The lowest BCUT2D eigenvalue weighted by atomic mass is 10.1. The predicted octanol–water partition coefficient (Wildman–Crippen LogP) is 1.73. The van der Waals surface area contributed by atoms with E-state index in [1.165, 1.54) is 0 Å². The summed E-state index contributed by atoms with van der Waals surface area (Å²) >= 11 is 0. The second-order valence-electron chi connectivity index (χ2n) is 5.54. The van der Waals surface area contributed by atoms with E-state index in [0.29, 0.717) is 19.5 Å². The second kappa shape index (κ2) is 6.54. The fraction of sp³-hybridized carbons (Fsp3) is 0.375. The van der Waals surface area contributed by atoms with E-state index in [-0.39, 0.29) is 17.7 Å². The lowest BCUT2D eigenvalue weighted by Gasteiger charge is -2.17. The maximum absolute atomic E-state index is 11.9. The van der Waals surface area contributed by atoms with Gasteiger partial charge < -0.3 is 15.1 Å². The summed E-state index contributed by atoms with van der Waals surface area (Å²) < 4.78 is 0. The SMILES string of the molecule is C=CC1CC(=O)N(c2ccc(NC(=O)CN(C)C)cc2)C1. The van der Waals surface area contributed by atoms with Crippen LogP contribution in [-0.4, -0.2) is 43.9 Å². The zero-order valence-corrected chi connectivity index (χ0v) is 12.5. The molecule has 1 aromatic carbocycles. The molecule has 0 saturated carbocycles. The summed E-state index contributed by atoms with van der Waals surface area (Å²) in [4.78, 5) is 27.2. The van der Waals surface area contributed by atoms with Crippen LogP contribution in [0.25, 0.3) is 0 Å². The molecule has 0 aromatic heterocycles. The Kier molecular flexibility index (Phi) is 4.75. The first-order valence-electron chi connectivity index (χ1n) is 6.97. The molecule has 2 rings (SSSR count). The van der Waals surface area contributed by atoms with E-state index in [0.717, 1.165) is 11.4 Å². The average Bonchev–Trinajstić information content (AvgIpc) is 2.80. The molecule has 1 aliphatic heterocycles. The minimum absolute atomic E-state index is 0.0586. The predicted molar refractivity (Wildman–Crippen MR) is 84.3 cm³/mol. The first-order chi connectivity index (χ1) is 9.99. The smallest absolute Gasteiger partial charge is 0.238 e. The molecule has 0 spiro atoms. The Bertz CT molecular complexity index is 537. The van der Waals surface area contributed by atoms with Crippen molar-refractivity contribution in [1.29, 1.82) is 0 Å². The molecule has 1 aliphatic rings. The quantitative estimate of drug-likeness (QED) is 0.839. The molecule has 5 heteroatoms. The number of benzene rings is 1. The number of rotatable bonds is 5. The number of hydrogen-bond acceptors (Lipinski definition) is 3. The molecule has 1 saturated heterocycles.